The lowest BCUT2D eigenvalue weighted by atomic mass is 10.0. The minimum absolute atomic E-state index is 0.117. The molecule has 0 radical (unpaired) electrons. The Morgan fingerprint density at radius 2 is 1.84 bits per heavy atom. The number of alkyl halides is 3. The van der Waals surface area contributed by atoms with E-state index in [-0.39, 0.29) is 11.6 Å². The molecule has 110 valence electrons. The number of aliphatic hydroxyl groups is 1. The first-order valence-corrected chi connectivity index (χ1v) is 6.87. The van der Waals surface area contributed by atoms with Crippen molar-refractivity contribution in [3.8, 4) is 11.8 Å². The van der Waals surface area contributed by atoms with Crippen LogP contribution < -0.4 is 0 Å². The Labute approximate surface area is 113 Å². The quantitative estimate of drug-likeness (QED) is 0.532. The van der Waals surface area contributed by atoms with Gasteiger partial charge in [0.2, 0.25) is 0 Å². The number of hydrogen-bond donors (Lipinski definition) is 1. The van der Waals surface area contributed by atoms with Crippen LogP contribution in [0.3, 0.4) is 0 Å². The highest BCUT2D eigenvalue weighted by Crippen LogP contribution is 2.21. The van der Waals surface area contributed by atoms with E-state index in [0.717, 1.165) is 25.7 Å². The van der Waals surface area contributed by atoms with Crippen molar-refractivity contribution in [1.82, 2.24) is 0 Å². The molecule has 0 aromatic carbocycles. The van der Waals surface area contributed by atoms with Gasteiger partial charge >= 0.3 is 6.18 Å². The number of hydrogen-bond acceptors (Lipinski definition) is 1. The van der Waals surface area contributed by atoms with Gasteiger partial charge in [-0.25, -0.2) is 0 Å². The average Bonchev–Trinajstić information content (AvgIpc) is 2.31. The van der Waals surface area contributed by atoms with Gasteiger partial charge in [-0.1, -0.05) is 51.4 Å². The Balaban J connectivity index is 4.52. The molecule has 0 saturated heterocycles. The SMILES string of the molecule is CCCCCCC#C/C(=C/C(F)(F)F)C(O)CCC. The van der Waals surface area contributed by atoms with Gasteiger partial charge < -0.3 is 5.11 Å². The van der Waals surface area contributed by atoms with Gasteiger partial charge in [-0.2, -0.15) is 13.2 Å². The highest BCUT2D eigenvalue weighted by Gasteiger charge is 2.26. The van der Waals surface area contributed by atoms with Crippen molar-refractivity contribution in [2.75, 3.05) is 0 Å². The summed E-state index contributed by atoms with van der Waals surface area (Å²) in [6, 6.07) is 0. The Morgan fingerprint density at radius 3 is 2.37 bits per heavy atom. The van der Waals surface area contributed by atoms with E-state index < -0.39 is 12.3 Å². The summed E-state index contributed by atoms with van der Waals surface area (Å²) >= 11 is 0. The first kappa shape index (κ1) is 18.0. The fourth-order valence-electron chi connectivity index (χ4n) is 1.63. The maximum Gasteiger partial charge on any atom is 0.410 e. The molecule has 0 rings (SSSR count). The zero-order valence-corrected chi connectivity index (χ0v) is 11.7. The van der Waals surface area contributed by atoms with E-state index in [1.165, 1.54) is 0 Å². The van der Waals surface area contributed by atoms with E-state index >= 15 is 0 Å². The van der Waals surface area contributed by atoms with Crippen LogP contribution in [0.25, 0.3) is 0 Å². The van der Waals surface area contributed by atoms with Gasteiger partial charge in [-0.3, -0.25) is 0 Å². The third-order valence-corrected chi connectivity index (χ3v) is 2.63. The molecule has 0 bridgehead atoms. The van der Waals surface area contributed by atoms with Gasteiger partial charge in [0.1, 0.15) is 0 Å². The standard InChI is InChI=1S/C15H23F3O/c1-3-5-6-7-8-9-11-13(12-15(16,17)18)14(19)10-4-2/h12,14,19H,3-8,10H2,1-2H3/b13-12-. The second-order valence-corrected chi connectivity index (χ2v) is 4.56. The monoisotopic (exact) mass is 276 g/mol. The van der Waals surface area contributed by atoms with Gasteiger partial charge in [0.05, 0.1) is 6.10 Å². The number of allylic oxidation sites excluding steroid dienone is 1. The highest BCUT2D eigenvalue weighted by atomic mass is 19.4. The van der Waals surface area contributed by atoms with E-state index in [1.54, 1.807) is 0 Å². The molecule has 1 unspecified atom stereocenters. The predicted octanol–water partition coefficient (Wildman–Crippen LogP) is 4.61. The summed E-state index contributed by atoms with van der Waals surface area (Å²) in [5.74, 6) is 5.21. The molecular weight excluding hydrogens is 253 g/mol. The summed E-state index contributed by atoms with van der Waals surface area (Å²) < 4.78 is 37.0. The van der Waals surface area contributed by atoms with Crippen LogP contribution >= 0.6 is 0 Å². The Kier molecular flexibility index (Phi) is 9.42. The molecule has 0 amide bonds. The van der Waals surface area contributed by atoms with Crippen molar-refractivity contribution in [3.05, 3.63) is 11.6 Å². The lowest BCUT2D eigenvalue weighted by Crippen LogP contribution is -2.13. The summed E-state index contributed by atoms with van der Waals surface area (Å²) in [5.41, 5.74) is -0.218. The van der Waals surface area contributed by atoms with E-state index in [4.69, 9.17) is 0 Å². The molecule has 0 aliphatic rings. The van der Waals surface area contributed by atoms with Crippen molar-refractivity contribution in [1.29, 1.82) is 0 Å². The van der Waals surface area contributed by atoms with Crippen molar-refractivity contribution < 1.29 is 18.3 Å². The molecule has 1 atom stereocenters. The zero-order valence-electron chi connectivity index (χ0n) is 11.7. The Morgan fingerprint density at radius 1 is 1.16 bits per heavy atom. The molecule has 0 aliphatic heterocycles. The minimum Gasteiger partial charge on any atom is -0.388 e. The highest BCUT2D eigenvalue weighted by molar-refractivity contribution is 5.33. The fourth-order valence-corrected chi connectivity index (χ4v) is 1.63. The molecule has 4 heteroatoms. The van der Waals surface area contributed by atoms with E-state index in [2.05, 4.69) is 18.8 Å². The third-order valence-electron chi connectivity index (χ3n) is 2.63. The van der Waals surface area contributed by atoms with Crippen LogP contribution in [0.5, 0.6) is 0 Å². The summed E-state index contributed by atoms with van der Waals surface area (Å²) in [6.45, 7) is 3.91. The van der Waals surface area contributed by atoms with Crippen LogP contribution in [0.15, 0.2) is 11.6 Å². The molecule has 1 N–H and O–H groups in total. The molecule has 0 saturated carbocycles. The lowest BCUT2D eigenvalue weighted by Gasteiger charge is -2.10. The maximum atomic E-state index is 12.3. The van der Waals surface area contributed by atoms with Crippen molar-refractivity contribution >= 4 is 0 Å². The van der Waals surface area contributed by atoms with E-state index in [9.17, 15) is 18.3 Å². The molecule has 1 nitrogen and oxygen atoms in total. The van der Waals surface area contributed by atoms with Crippen LogP contribution in [-0.2, 0) is 0 Å². The van der Waals surface area contributed by atoms with Crippen LogP contribution in [-0.4, -0.2) is 17.4 Å². The molecule has 0 aromatic heterocycles. The normalized spacial score (nSPS) is 13.9. The number of rotatable bonds is 7. The summed E-state index contributed by atoms with van der Waals surface area (Å²) in [6.07, 6.45) is 0.232. The molecule has 0 fully saturated rings. The van der Waals surface area contributed by atoms with Gasteiger partial charge in [-0.15, -0.1) is 0 Å². The summed E-state index contributed by atoms with van der Waals surface area (Å²) in [7, 11) is 0. The Bertz CT molecular complexity index is 321. The number of unbranched alkanes of at least 4 members (excludes halogenated alkanes) is 4. The molecule has 0 aliphatic carbocycles. The van der Waals surface area contributed by atoms with Gasteiger partial charge in [0, 0.05) is 18.1 Å². The van der Waals surface area contributed by atoms with Crippen molar-refractivity contribution in [2.24, 2.45) is 0 Å². The third kappa shape index (κ3) is 10.6. The van der Waals surface area contributed by atoms with Crippen molar-refractivity contribution in [2.45, 2.75) is 71.1 Å². The molecular formula is C15H23F3O. The van der Waals surface area contributed by atoms with Crippen LogP contribution in [0.4, 0.5) is 13.2 Å². The van der Waals surface area contributed by atoms with Crippen molar-refractivity contribution in [3.63, 3.8) is 0 Å². The topological polar surface area (TPSA) is 20.2 Å². The van der Waals surface area contributed by atoms with Crippen LogP contribution in [0.1, 0.15) is 58.8 Å². The zero-order chi connectivity index (χ0) is 14.7. The van der Waals surface area contributed by atoms with Gasteiger partial charge in [-0.05, 0) is 12.8 Å². The average molecular weight is 276 g/mol. The lowest BCUT2D eigenvalue weighted by molar-refractivity contribution is -0.0810. The predicted molar refractivity (Wildman–Crippen MR) is 71.6 cm³/mol. The molecule has 0 aromatic rings. The largest absolute Gasteiger partial charge is 0.410 e. The van der Waals surface area contributed by atoms with Gasteiger partial charge in [0.15, 0.2) is 0 Å². The van der Waals surface area contributed by atoms with Crippen LogP contribution in [0, 0.1) is 11.8 Å². The van der Waals surface area contributed by atoms with E-state index in [0.29, 0.717) is 19.3 Å². The van der Waals surface area contributed by atoms with E-state index in [1.807, 2.05) is 6.92 Å². The van der Waals surface area contributed by atoms with Gasteiger partial charge in [0.25, 0.3) is 0 Å². The van der Waals surface area contributed by atoms with Crippen LogP contribution in [0.2, 0.25) is 0 Å². The smallest absolute Gasteiger partial charge is 0.388 e. The second-order valence-electron chi connectivity index (χ2n) is 4.56. The molecule has 0 spiro atoms. The number of halogens is 3. The fraction of sp³-hybridized carbons (Fsp3) is 0.733. The summed E-state index contributed by atoms with van der Waals surface area (Å²) in [4.78, 5) is 0. The number of aliphatic hydroxyl groups excluding tert-OH is 1. The maximum absolute atomic E-state index is 12.3. The second kappa shape index (κ2) is 9.91. The molecule has 19 heavy (non-hydrogen) atoms. The first-order chi connectivity index (χ1) is 8.90. The minimum atomic E-state index is -4.43. The Hall–Kier alpha value is -0.950. The molecule has 0 heterocycles. The first-order valence-electron chi connectivity index (χ1n) is 6.87. The summed E-state index contributed by atoms with van der Waals surface area (Å²) in [5, 5.41) is 9.64.